The predicted molar refractivity (Wildman–Crippen MR) is 85.8 cm³/mol. The third kappa shape index (κ3) is 3.23. The molecule has 112 valence electrons. The molecule has 0 saturated heterocycles. The number of hydrogen-bond acceptors (Lipinski definition) is 3. The molecule has 1 fully saturated rings. The van der Waals surface area contributed by atoms with Gasteiger partial charge in [0.15, 0.2) is 0 Å². The van der Waals surface area contributed by atoms with E-state index in [1.54, 1.807) is 6.07 Å². The summed E-state index contributed by atoms with van der Waals surface area (Å²) in [6.07, 6.45) is 6.65. The molecule has 2 aliphatic rings. The highest BCUT2D eigenvalue weighted by molar-refractivity contribution is 7.99. The van der Waals surface area contributed by atoms with Crippen molar-refractivity contribution in [1.82, 2.24) is 5.32 Å². The van der Waals surface area contributed by atoms with E-state index < -0.39 is 0 Å². The molecule has 5 heteroatoms. The Morgan fingerprint density at radius 1 is 1.33 bits per heavy atom. The molecule has 1 heterocycles. The Hall–Kier alpha value is -1.49. The SMILES string of the molecule is CSC1CCC(NC(=O)c2ccc3c(c2)CCC(=O)N3)C1. The van der Waals surface area contributed by atoms with Crippen molar-refractivity contribution < 1.29 is 9.59 Å². The lowest BCUT2D eigenvalue weighted by Crippen LogP contribution is -2.33. The van der Waals surface area contributed by atoms with Gasteiger partial charge in [-0.25, -0.2) is 0 Å². The molecule has 2 atom stereocenters. The summed E-state index contributed by atoms with van der Waals surface area (Å²) in [6, 6.07) is 5.83. The van der Waals surface area contributed by atoms with E-state index in [9.17, 15) is 9.59 Å². The van der Waals surface area contributed by atoms with Crippen LogP contribution in [0.1, 0.15) is 41.6 Å². The molecule has 21 heavy (non-hydrogen) atoms. The summed E-state index contributed by atoms with van der Waals surface area (Å²) in [7, 11) is 0. The lowest BCUT2D eigenvalue weighted by molar-refractivity contribution is -0.116. The molecule has 2 amide bonds. The van der Waals surface area contributed by atoms with Crippen LogP contribution in [-0.2, 0) is 11.2 Å². The summed E-state index contributed by atoms with van der Waals surface area (Å²) in [5.74, 6) is 0.0511. The number of fused-ring (bicyclic) bond motifs is 1. The van der Waals surface area contributed by atoms with E-state index >= 15 is 0 Å². The van der Waals surface area contributed by atoms with E-state index in [0.717, 1.165) is 24.1 Å². The second kappa shape index (κ2) is 6.10. The van der Waals surface area contributed by atoms with Gasteiger partial charge in [-0.1, -0.05) is 0 Å². The van der Waals surface area contributed by atoms with Gasteiger partial charge in [-0.15, -0.1) is 0 Å². The number of hydrogen-bond donors (Lipinski definition) is 2. The predicted octanol–water partition coefficient (Wildman–Crippen LogP) is 2.59. The van der Waals surface area contributed by atoms with Gasteiger partial charge in [0.2, 0.25) is 5.91 Å². The van der Waals surface area contributed by atoms with Gasteiger partial charge >= 0.3 is 0 Å². The van der Waals surface area contributed by atoms with Crippen molar-refractivity contribution in [2.45, 2.75) is 43.4 Å². The van der Waals surface area contributed by atoms with Crippen molar-refractivity contribution >= 4 is 29.3 Å². The molecule has 0 aromatic heterocycles. The minimum Gasteiger partial charge on any atom is -0.349 e. The number of rotatable bonds is 3. The van der Waals surface area contributed by atoms with Crippen molar-refractivity contribution in [1.29, 1.82) is 0 Å². The van der Waals surface area contributed by atoms with Crippen molar-refractivity contribution in [3.8, 4) is 0 Å². The summed E-state index contributed by atoms with van der Waals surface area (Å²) >= 11 is 1.89. The molecule has 1 saturated carbocycles. The zero-order chi connectivity index (χ0) is 14.8. The second-order valence-electron chi connectivity index (χ2n) is 5.76. The standard InChI is InChI=1S/C16H20N2O2S/c1-21-13-5-4-12(9-13)17-16(20)11-2-6-14-10(8-11)3-7-15(19)18-14/h2,6,8,12-13H,3-5,7,9H2,1H3,(H,17,20)(H,18,19). The molecule has 1 aliphatic heterocycles. The average molecular weight is 304 g/mol. The first-order valence-electron chi connectivity index (χ1n) is 7.42. The van der Waals surface area contributed by atoms with Gasteiger partial charge in [0.25, 0.3) is 5.91 Å². The maximum Gasteiger partial charge on any atom is 0.251 e. The molecule has 4 nitrogen and oxygen atoms in total. The first-order valence-corrected chi connectivity index (χ1v) is 8.71. The number of anilines is 1. The summed E-state index contributed by atoms with van der Waals surface area (Å²) < 4.78 is 0. The van der Waals surface area contributed by atoms with Crippen molar-refractivity contribution in [2.24, 2.45) is 0 Å². The molecule has 1 aromatic carbocycles. The molecule has 0 bridgehead atoms. The second-order valence-corrected chi connectivity index (χ2v) is 6.90. The van der Waals surface area contributed by atoms with Gasteiger partial charge in [-0.05, 0) is 55.7 Å². The number of carbonyl (C=O) groups is 2. The maximum absolute atomic E-state index is 12.3. The van der Waals surface area contributed by atoms with Crippen LogP contribution in [0, 0.1) is 0 Å². The summed E-state index contributed by atoms with van der Waals surface area (Å²) in [5.41, 5.74) is 2.58. The smallest absolute Gasteiger partial charge is 0.251 e. The number of carbonyl (C=O) groups excluding carboxylic acids is 2. The number of thioether (sulfide) groups is 1. The Kier molecular flexibility index (Phi) is 4.19. The summed E-state index contributed by atoms with van der Waals surface area (Å²) in [5, 5.41) is 6.65. The van der Waals surface area contributed by atoms with Gasteiger partial charge in [0, 0.05) is 29.0 Å². The molecule has 3 rings (SSSR count). The fourth-order valence-electron chi connectivity index (χ4n) is 3.08. The third-order valence-electron chi connectivity index (χ3n) is 4.32. The fraction of sp³-hybridized carbons (Fsp3) is 0.500. The normalized spacial score (nSPS) is 24.3. The maximum atomic E-state index is 12.3. The quantitative estimate of drug-likeness (QED) is 0.902. The average Bonchev–Trinajstić information content (AvgIpc) is 2.94. The van der Waals surface area contributed by atoms with Crippen LogP contribution in [0.4, 0.5) is 5.69 Å². The van der Waals surface area contributed by atoms with E-state index in [1.807, 2.05) is 23.9 Å². The zero-order valence-electron chi connectivity index (χ0n) is 12.1. The number of nitrogens with one attached hydrogen (secondary N) is 2. The van der Waals surface area contributed by atoms with Crippen LogP contribution < -0.4 is 10.6 Å². The number of benzene rings is 1. The highest BCUT2D eigenvalue weighted by atomic mass is 32.2. The minimum atomic E-state index is 0.00135. The van der Waals surface area contributed by atoms with Gasteiger partial charge < -0.3 is 10.6 Å². The Bertz CT molecular complexity index is 573. The molecule has 0 spiro atoms. The Labute approximate surface area is 129 Å². The Morgan fingerprint density at radius 2 is 2.19 bits per heavy atom. The number of aryl methyl sites for hydroxylation is 1. The van der Waals surface area contributed by atoms with Crippen LogP contribution in [-0.4, -0.2) is 29.4 Å². The van der Waals surface area contributed by atoms with Crippen LogP contribution in [0.5, 0.6) is 0 Å². The van der Waals surface area contributed by atoms with Gasteiger partial charge in [0.05, 0.1) is 0 Å². The van der Waals surface area contributed by atoms with E-state index in [-0.39, 0.29) is 11.8 Å². The van der Waals surface area contributed by atoms with Crippen LogP contribution in [0.25, 0.3) is 0 Å². The van der Waals surface area contributed by atoms with Gasteiger partial charge in [-0.2, -0.15) is 11.8 Å². The molecule has 2 N–H and O–H groups in total. The monoisotopic (exact) mass is 304 g/mol. The molecule has 1 aromatic rings. The number of amides is 2. The molecule has 1 aliphatic carbocycles. The van der Waals surface area contributed by atoms with Crippen molar-refractivity contribution in [3.63, 3.8) is 0 Å². The lowest BCUT2D eigenvalue weighted by Gasteiger charge is -2.18. The zero-order valence-corrected chi connectivity index (χ0v) is 13.0. The van der Waals surface area contributed by atoms with Crippen molar-refractivity contribution in [2.75, 3.05) is 11.6 Å². The van der Waals surface area contributed by atoms with Crippen LogP contribution in [0.3, 0.4) is 0 Å². The lowest BCUT2D eigenvalue weighted by atomic mass is 10.00. The van der Waals surface area contributed by atoms with Crippen LogP contribution in [0.15, 0.2) is 18.2 Å². The highest BCUT2D eigenvalue weighted by Crippen LogP contribution is 2.28. The van der Waals surface area contributed by atoms with Crippen molar-refractivity contribution in [3.05, 3.63) is 29.3 Å². The minimum absolute atomic E-state index is 0.00135. The fourth-order valence-corrected chi connectivity index (χ4v) is 3.88. The van der Waals surface area contributed by atoms with E-state index in [0.29, 0.717) is 29.7 Å². The third-order valence-corrected chi connectivity index (χ3v) is 5.41. The van der Waals surface area contributed by atoms with E-state index in [1.165, 1.54) is 6.42 Å². The van der Waals surface area contributed by atoms with Crippen LogP contribution >= 0.6 is 11.8 Å². The van der Waals surface area contributed by atoms with E-state index in [4.69, 9.17) is 0 Å². The summed E-state index contributed by atoms with van der Waals surface area (Å²) in [6.45, 7) is 0. The first-order chi connectivity index (χ1) is 10.2. The molecule has 2 unspecified atom stereocenters. The molecular weight excluding hydrogens is 284 g/mol. The van der Waals surface area contributed by atoms with Gasteiger partial charge in [0.1, 0.15) is 0 Å². The molecule has 0 radical (unpaired) electrons. The highest BCUT2D eigenvalue weighted by Gasteiger charge is 2.25. The van der Waals surface area contributed by atoms with Gasteiger partial charge in [-0.3, -0.25) is 9.59 Å². The summed E-state index contributed by atoms with van der Waals surface area (Å²) in [4.78, 5) is 23.7. The Balaban J connectivity index is 1.67. The topological polar surface area (TPSA) is 58.2 Å². The molecular formula is C16H20N2O2S. The Morgan fingerprint density at radius 3 is 2.95 bits per heavy atom. The van der Waals surface area contributed by atoms with Crippen LogP contribution in [0.2, 0.25) is 0 Å². The van der Waals surface area contributed by atoms with E-state index in [2.05, 4.69) is 16.9 Å². The first kappa shape index (κ1) is 14.4. The largest absolute Gasteiger partial charge is 0.349 e.